The summed E-state index contributed by atoms with van der Waals surface area (Å²) in [6.07, 6.45) is 6.00. The predicted molar refractivity (Wildman–Crippen MR) is 115 cm³/mol. The molecule has 7 heteroatoms. The molecular formula is C23H30N4O3. The molecule has 1 N–H and O–H groups in total. The van der Waals surface area contributed by atoms with Gasteiger partial charge in [0.2, 0.25) is 0 Å². The number of amides is 1. The number of nitrogens with one attached hydrogen (secondary N) is 1. The van der Waals surface area contributed by atoms with E-state index < -0.39 is 0 Å². The lowest BCUT2D eigenvalue weighted by atomic mass is 9.71. The number of rotatable bonds is 4. The maximum Gasteiger partial charge on any atom is 0.274 e. The lowest BCUT2D eigenvalue weighted by Gasteiger charge is -2.43. The largest absolute Gasteiger partial charge is 0.384 e. The highest BCUT2D eigenvalue weighted by molar-refractivity contribution is 6.04. The first kappa shape index (κ1) is 19.7. The summed E-state index contributed by atoms with van der Waals surface area (Å²) in [6, 6.07) is 7.94. The van der Waals surface area contributed by atoms with Gasteiger partial charge in [0, 0.05) is 50.6 Å². The summed E-state index contributed by atoms with van der Waals surface area (Å²) < 4.78 is 5.59. The van der Waals surface area contributed by atoms with Crippen molar-refractivity contribution in [2.24, 2.45) is 11.3 Å². The second kappa shape index (κ2) is 7.78. The van der Waals surface area contributed by atoms with Gasteiger partial charge in [-0.2, -0.15) is 5.10 Å². The summed E-state index contributed by atoms with van der Waals surface area (Å²) in [5.74, 6) is 0.446. The Morgan fingerprint density at radius 3 is 2.63 bits per heavy atom. The van der Waals surface area contributed by atoms with Crippen LogP contribution in [0, 0.1) is 11.3 Å². The van der Waals surface area contributed by atoms with E-state index in [9.17, 15) is 9.59 Å². The van der Waals surface area contributed by atoms with Crippen LogP contribution in [0.5, 0.6) is 0 Å². The molecule has 2 aromatic rings. The fraction of sp³-hybridized carbons (Fsp3) is 0.609. The number of H-pyrrole nitrogens is 1. The number of likely N-dealkylation sites (tertiary alicyclic amines) is 2. The average molecular weight is 411 g/mol. The predicted octanol–water partition coefficient (Wildman–Crippen LogP) is 2.28. The molecule has 1 aromatic carbocycles. The van der Waals surface area contributed by atoms with Gasteiger partial charge in [0.05, 0.1) is 12.0 Å². The molecule has 3 heterocycles. The van der Waals surface area contributed by atoms with Crippen molar-refractivity contribution < 1.29 is 9.53 Å². The maximum absolute atomic E-state index is 13.3. The van der Waals surface area contributed by atoms with Crippen LogP contribution in [-0.2, 0) is 4.74 Å². The highest BCUT2D eigenvalue weighted by atomic mass is 16.5. The first-order valence-electron chi connectivity index (χ1n) is 11.1. The number of carbonyl (C=O) groups excluding carboxylic acids is 1. The summed E-state index contributed by atoms with van der Waals surface area (Å²) in [4.78, 5) is 29.9. The Morgan fingerprint density at radius 1 is 1.23 bits per heavy atom. The molecule has 1 aromatic heterocycles. The molecule has 1 amide bonds. The highest BCUT2D eigenvalue weighted by Gasteiger charge is 2.50. The Balaban J connectivity index is 1.34. The highest BCUT2D eigenvalue weighted by Crippen LogP contribution is 2.47. The van der Waals surface area contributed by atoms with E-state index in [0.29, 0.717) is 22.4 Å². The van der Waals surface area contributed by atoms with Crippen molar-refractivity contribution >= 4 is 16.7 Å². The van der Waals surface area contributed by atoms with Crippen LogP contribution in [0.3, 0.4) is 0 Å². The molecule has 1 saturated carbocycles. The van der Waals surface area contributed by atoms with E-state index in [0.717, 1.165) is 51.7 Å². The molecule has 30 heavy (non-hydrogen) atoms. The first-order chi connectivity index (χ1) is 14.6. The van der Waals surface area contributed by atoms with Crippen molar-refractivity contribution in [3.63, 3.8) is 0 Å². The number of piperidine rings is 1. The molecular weight excluding hydrogens is 380 g/mol. The maximum atomic E-state index is 13.3. The number of aromatic nitrogens is 2. The number of benzene rings is 1. The Morgan fingerprint density at radius 2 is 1.97 bits per heavy atom. The number of nitrogens with zero attached hydrogens (tertiary/aromatic N) is 3. The van der Waals surface area contributed by atoms with Crippen LogP contribution in [0.25, 0.3) is 10.8 Å². The summed E-state index contributed by atoms with van der Waals surface area (Å²) in [6.45, 7) is 4.51. The van der Waals surface area contributed by atoms with Gasteiger partial charge < -0.3 is 9.64 Å². The molecule has 3 fully saturated rings. The van der Waals surface area contributed by atoms with Crippen LogP contribution < -0.4 is 5.56 Å². The lowest BCUT2D eigenvalue weighted by Crippen LogP contribution is -2.48. The molecule has 3 aliphatic rings. The quantitative estimate of drug-likeness (QED) is 0.837. The Hall–Kier alpha value is -2.25. The number of hydrogen-bond acceptors (Lipinski definition) is 5. The van der Waals surface area contributed by atoms with Crippen molar-refractivity contribution in [2.45, 2.75) is 38.1 Å². The van der Waals surface area contributed by atoms with Gasteiger partial charge in [-0.3, -0.25) is 14.5 Å². The zero-order valence-electron chi connectivity index (χ0n) is 17.6. The molecule has 1 atom stereocenters. The fourth-order valence-corrected chi connectivity index (χ4v) is 5.68. The van der Waals surface area contributed by atoms with Crippen molar-refractivity contribution in [1.29, 1.82) is 0 Å². The van der Waals surface area contributed by atoms with Gasteiger partial charge in [-0.25, -0.2) is 5.10 Å². The van der Waals surface area contributed by atoms with Gasteiger partial charge in [-0.15, -0.1) is 0 Å². The van der Waals surface area contributed by atoms with Gasteiger partial charge in [0.1, 0.15) is 0 Å². The van der Waals surface area contributed by atoms with Crippen molar-refractivity contribution in [3.8, 4) is 0 Å². The van der Waals surface area contributed by atoms with E-state index in [1.165, 1.54) is 19.3 Å². The zero-order chi connectivity index (χ0) is 20.7. The van der Waals surface area contributed by atoms with Crippen molar-refractivity contribution in [1.82, 2.24) is 20.0 Å². The molecule has 2 aliphatic heterocycles. The standard InChI is InChI=1S/C23H30N4O3/c1-30-14-16-13-27(17-5-4-6-17)15-23(16)9-11-26(12-10-23)22(29)20-18-7-2-3-8-19(18)21(28)25-24-20/h2-3,7-8,16-17H,4-6,9-15H2,1H3,(H,25,28). The van der Waals surface area contributed by atoms with E-state index >= 15 is 0 Å². The first-order valence-corrected chi connectivity index (χ1v) is 11.1. The van der Waals surface area contributed by atoms with Crippen LogP contribution in [0.2, 0.25) is 0 Å². The minimum Gasteiger partial charge on any atom is -0.384 e. The van der Waals surface area contributed by atoms with Gasteiger partial charge in [-0.1, -0.05) is 24.6 Å². The van der Waals surface area contributed by atoms with E-state index in [2.05, 4.69) is 15.1 Å². The van der Waals surface area contributed by atoms with Gasteiger partial charge >= 0.3 is 0 Å². The number of aromatic amines is 1. The monoisotopic (exact) mass is 410 g/mol. The average Bonchev–Trinajstić information content (AvgIpc) is 3.04. The fourth-order valence-electron chi connectivity index (χ4n) is 5.68. The van der Waals surface area contributed by atoms with E-state index in [-0.39, 0.29) is 16.9 Å². The minimum absolute atomic E-state index is 0.0885. The summed E-state index contributed by atoms with van der Waals surface area (Å²) in [5.41, 5.74) is 0.324. The second-order valence-electron chi connectivity index (χ2n) is 9.27. The third kappa shape index (κ3) is 3.24. The van der Waals surface area contributed by atoms with E-state index in [1.54, 1.807) is 25.3 Å². The van der Waals surface area contributed by atoms with Crippen LogP contribution in [0.1, 0.15) is 42.6 Å². The molecule has 160 valence electrons. The van der Waals surface area contributed by atoms with Crippen LogP contribution in [-0.4, -0.2) is 71.8 Å². The summed E-state index contributed by atoms with van der Waals surface area (Å²) in [7, 11) is 1.80. The Labute approximate surface area is 176 Å². The second-order valence-corrected chi connectivity index (χ2v) is 9.27. The molecule has 7 nitrogen and oxygen atoms in total. The molecule has 0 radical (unpaired) electrons. The van der Waals surface area contributed by atoms with Crippen molar-refractivity contribution in [3.05, 3.63) is 40.3 Å². The minimum atomic E-state index is -0.260. The summed E-state index contributed by atoms with van der Waals surface area (Å²) in [5, 5.41) is 7.74. The summed E-state index contributed by atoms with van der Waals surface area (Å²) >= 11 is 0. The SMILES string of the molecule is COCC1CN(C2CCC2)CC12CCN(C(=O)c1n[nH]c(=O)c3ccccc13)CC2. The van der Waals surface area contributed by atoms with Gasteiger partial charge in [-0.05, 0) is 37.2 Å². The van der Waals surface area contributed by atoms with Crippen molar-refractivity contribution in [2.75, 3.05) is 39.9 Å². The van der Waals surface area contributed by atoms with Gasteiger partial charge in [0.25, 0.3) is 11.5 Å². The number of methoxy groups -OCH3 is 1. The molecule has 1 spiro atoms. The Kier molecular flexibility index (Phi) is 5.11. The molecule has 1 aliphatic carbocycles. The number of fused-ring (bicyclic) bond motifs is 1. The van der Waals surface area contributed by atoms with Crippen LogP contribution in [0.4, 0.5) is 0 Å². The number of carbonyl (C=O) groups is 1. The Bertz CT molecular complexity index is 991. The zero-order valence-corrected chi connectivity index (χ0v) is 17.6. The van der Waals surface area contributed by atoms with E-state index in [4.69, 9.17) is 4.74 Å². The van der Waals surface area contributed by atoms with Crippen LogP contribution in [0.15, 0.2) is 29.1 Å². The lowest BCUT2D eigenvalue weighted by molar-refractivity contribution is 0.0310. The molecule has 2 saturated heterocycles. The molecule has 1 unspecified atom stereocenters. The van der Waals surface area contributed by atoms with Crippen LogP contribution >= 0.6 is 0 Å². The number of hydrogen-bond donors (Lipinski definition) is 1. The van der Waals surface area contributed by atoms with E-state index in [1.807, 2.05) is 11.0 Å². The third-order valence-electron chi connectivity index (χ3n) is 7.74. The smallest absolute Gasteiger partial charge is 0.274 e. The normalized spacial score (nSPS) is 24.4. The molecule has 0 bridgehead atoms. The third-order valence-corrected chi connectivity index (χ3v) is 7.74. The van der Waals surface area contributed by atoms with Gasteiger partial charge in [0.15, 0.2) is 5.69 Å². The number of ether oxygens (including phenoxy) is 1. The topological polar surface area (TPSA) is 78.5 Å². The molecule has 5 rings (SSSR count).